The first kappa shape index (κ1) is 18.4. The molecule has 1 aliphatic heterocycles. The van der Waals surface area contributed by atoms with E-state index < -0.39 is 0 Å². The molecule has 138 valence electrons. The maximum Gasteiger partial charge on any atom is 0.172 e. The molecule has 0 bridgehead atoms. The van der Waals surface area contributed by atoms with E-state index in [-0.39, 0.29) is 5.75 Å². The highest BCUT2D eigenvalue weighted by Gasteiger charge is 2.18. The Morgan fingerprint density at radius 1 is 1.04 bits per heavy atom. The number of halogens is 1. The number of aromatic hydroxyl groups is 1. The molecule has 2 aromatic rings. The van der Waals surface area contributed by atoms with Gasteiger partial charge in [0.15, 0.2) is 11.5 Å². The number of anilines is 1. The molecule has 0 radical (unpaired) electrons. The van der Waals surface area contributed by atoms with Gasteiger partial charge in [-0.25, -0.2) is 0 Å². The highest BCUT2D eigenvalue weighted by molar-refractivity contribution is 9.10. The Morgan fingerprint density at radius 2 is 1.73 bits per heavy atom. The molecule has 0 atom stereocenters. The number of phenolic OH excluding ortho intramolecular Hbond substituents is 1. The summed E-state index contributed by atoms with van der Waals surface area (Å²) >= 11 is 3.33. The summed E-state index contributed by atoms with van der Waals surface area (Å²) in [6.45, 7) is 3.40. The molecule has 1 saturated heterocycles. The van der Waals surface area contributed by atoms with Crippen molar-refractivity contribution in [3.63, 3.8) is 0 Å². The van der Waals surface area contributed by atoms with Crippen molar-refractivity contribution < 1.29 is 14.6 Å². The van der Waals surface area contributed by atoms with E-state index in [9.17, 15) is 5.11 Å². The van der Waals surface area contributed by atoms with E-state index >= 15 is 0 Å². The molecule has 0 unspecified atom stereocenters. The normalized spacial score (nSPS) is 14.7. The van der Waals surface area contributed by atoms with E-state index in [2.05, 4.69) is 32.0 Å². The summed E-state index contributed by atoms with van der Waals surface area (Å²) in [5.74, 6) is 1.40. The average Bonchev–Trinajstić information content (AvgIpc) is 2.69. The fraction of sp³-hybridized carbons (Fsp3) is 0.316. The number of methoxy groups -OCH3 is 2. The summed E-state index contributed by atoms with van der Waals surface area (Å²) in [5.41, 5.74) is 1.98. The van der Waals surface area contributed by atoms with Gasteiger partial charge in [-0.05, 0) is 45.8 Å². The zero-order valence-electron chi connectivity index (χ0n) is 14.9. The first-order valence-electron chi connectivity index (χ1n) is 8.35. The van der Waals surface area contributed by atoms with Gasteiger partial charge in [0, 0.05) is 13.1 Å². The monoisotopic (exact) mass is 419 g/mol. The standard InChI is InChI=1S/C19H22BrN3O3/c1-25-17-6-4-3-5-16(17)22-7-9-23(10-8-22)21-13-14-11-15(20)19(24)18(12-14)26-2/h3-6,11-13,24H,7-10H2,1-2H3. The lowest BCUT2D eigenvalue weighted by Gasteiger charge is -2.35. The van der Waals surface area contributed by atoms with E-state index in [1.54, 1.807) is 19.4 Å². The Kier molecular flexibility index (Phi) is 5.88. The lowest BCUT2D eigenvalue weighted by Crippen LogP contribution is -2.44. The number of piperazine rings is 1. The van der Waals surface area contributed by atoms with Crippen molar-refractivity contribution in [1.82, 2.24) is 5.01 Å². The Bertz CT molecular complexity index is 790. The van der Waals surface area contributed by atoms with Gasteiger partial charge in [-0.3, -0.25) is 5.01 Å². The third kappa shape index (κ3) is 4.04. The molecule has 0 aromatic heterocycles. The third-order valence-corrected chi connectivity index (χ3v) is 4.93. The molecule has 26 heavy (non-hydrogen) atoms. The van der Waals surface area contributed by atoms with E-state index in [0.29, 0.717) is 10.2 Å². The van der Waals surface area contributed by atoms with Crippen molar-refractivity contribution in [3.8, 4) is 17.2 Å². The minimum Gasteiger partial charge on any atom is -0.503 e. The molecule has 3 rings (SSSR count). The van der Waals surface area contributed by atoms with Gasteiger partial charge in [-0.2, -0.15) is 5.10 Å². The summed E-state index contributed by atoms with van der Waals surface area (Å²) in [6, 6.07) is 11.6. The van der Waals surface area contributed by atoms with Gasteiger partial charge in [0.2, 0.25) is 0 Å². The summed E-state index contributed by atoms with van der Waals surface area (Å²) < 4.78 is 11.2. The number of ether oxygens (including phenoxy) is 2. The first-order chi connectivity index (χ1) is 12.6. The number of para-hydroxylation sites is 2. The molecule has 1 heterocycles. The van der Waals surface area contributed by atoms with Crippen molar-refractivity contribution >= 4 is 27.8 Å². The van der Waals surface area contributed by atoms with E-state index in [1.165, 1.54) is 7.11 Å². The number of hydrazone groups is 1. The number of hydrogen-bond acceptors (Lipinski definition) is 6. The maximum atomic E-state index is 9.88. The van der Waals surface area contributed by atoms with Crippen LogP contribution in [-0.4, -0.2) is 56.7 Å². The smallest absolute Gasteiger partial charge is 0.172 e. The van der Waals surface area contributed by atoms with Crippen LogP contribution in [0.2, 0.25) is 0 Å². The van der Waals surface area contributed by atoms with Gasteiger partial charge in [0.05, 0.1) is 43.7 Å². The molecule has 7 heteroatoms. The number of benzene rings is 2. The Balaban J connectivity index is 1.64. The molecule has 0 aliphatic carbocycles. The van der Waals surface area contributed by atoms with Gasteiger partial charge in [-0.1, -0.05) is 12.1 Å². The van der Waals surface area contributed by atoms with Crippen LogP contribution < -0.4 is 14.4 Å². The molecule has 0 saturated carbocycles. The van der Waals surface area contributed by atoms with Crippen LogP contribution >= 0.6 is 15.9 Å². The van der Waals surface area contributed by atoms with Crippen LogP contribution in [0.25, 0.3) is 0 Å². The summed E-state index contributed by atoms with van der Waals surface area (Å²) in [7, 11) is 3.23. The fourth-order valence-electron chi connectivity index (χ4n) is 2.92. The molecule has 1 fully saturated rings. The summed E-state index contributed by atoms with van der Waals surface area (Å²) in [5, 5.41) is 16.5. The lowest BCUT2D eigenvalue weighted by atomic mass is 10.2. The number of phenols is 1. The van der Waals surface area contributed by atoms with Crippen molar-refractivity contribution in [2.45, 2.75) is 0 Å². The molecular formula is C19H22BrN3O3. The van der Waals surface area contributed by atoms with Crippen molar-refractivity contribution in [2.75, 3.05) is 45.3 Å². The highest BCUT2D eigenvalue weighted by atomic mass is 79.9. The van der Waals surface area contributed by atoms with Crippen molar-refractivity contribution in [2.24, 2.45) is 5.10 Å². The molecule has 6 nitrogen and oxygen atoms in total. The molecule has 0 amide bonds. The van der Waals surface area contributed by atoms with Gasteiger partial charge in [-0.15, -0.1) is 0 Å². The number of rotatable bonds is 5. The number of hydrogen-bond donors (Lipinski definition) is 1. The Labute approximate surface area is 161 Å². The second-order valence-corrected chi connectivity index (χ2v) is 6.77. The van der Waals surface area contributed by atoms with Gasteiger partial charge in [0.1, 0.15) is 5.75 Å². The van der Waals surface area contributed by atoms with Crippen LogP contribution in [-0.2, 0) is 0 Å². The third-order valence-electron chi connectivity index (χ3n) is 4.32. The summed E-state index contributed by atoms with van der Waals surface area (Å²) in [6.07, 6.45) is 1.78. The predicted octanol–water partition coefficient (Wildman–Crippen LogP) is 3.33. The van der Waals surface area contributed by atoms with Gasteiger partial charge in [0.25, 0.3) is 0 Å². The van der Waals surface area contributed by atoms with Gasteiger partial charge < -0.3 is 19.5 Å². The van der Waals surface area contributed by atoms with Crippen LogP contribution in [0.15, 0.2) is 46.0 Å². The minimum atomic E-state index is 0.0927. The predicted molar refractivity (Wildman–Crippen MR) is 107 cm³/mol. The van der Waals surface area contributed by atoms with Crippen LogP contribution in [0.4, 0.5) is 5.69 Å². The molecule has 2 aromatic carbocycles. The molecule has 1 aliphatic rings. The lowest BCUT2D eigenvalue weighted by molar-refractivity contribution is 0.271. The topological polar surface area (TPSA) is 57.5 Å². The largest absolute Gasteiger partial charge is 0.503 e. The first-order valence-corrected chi connectivity index (χ1v) is 9.15. The Morgan fingerprint density at radius 3 is 2.42 bits per heavy atom. The molecular weight excluding hydrogens is 398 g/mol. The zero-order chi connectivity index (χ0) is 18.5. The van der Waals surface area contributed by atoms with E-state index in [1.807, 2.05) is 29.3 Å². The summed E-state index contributed by atoms with van der Waals surface area (Å²) in [4.78, 5) is 2.31. The second-order valence-electron chi connectivity index (χ2n) is 5.91. The Hall–Kier alpha value is -2.41. The quantitative estimate of drug-likeness (QED) is 0.753. The minimum absolute atomic E-state index is 0.0927. The number of nitrogens with zero attached hydrogens (tertiary/aromatic N) is 3. The molecule has 1 N–H and O–H groups in total. The average molecular weight is 420 g/mol. The maximum absolute atomic E-state index is 9.88. The van der Waals surface area contributed by atoms with E-state index in [0.717, 1.165) is 43.2 Å². The van der Waals surface area contributed by atoms with Crippen molar-refractivity contribution in [1.29, 1.82) is 0 Å². The zero-order valence-corrected chi connectivity index (χ0v) is 16.4. The SMILES string of the molecule is COc1ccccc1N1CCN(N=Cc2cc(Br)c(O)c(OC)c2)CC1. The molecule has 0 spiro atoms. The van der Waals surface area contributed by atoms with Crippen LogP contribution in [0.1, 0.15) is 5.56 Å². The highest BCUT2D eigenvalue weighted by Crippen LogP contribution is 2.34. The van der Waals surface area contributed by atoms with Crippen LogP contribution in [0.3, 0.4) is 0 Å². The second kappa shape index (κ2) is 8.31. The van der Waals surface area contributed by atoms with E-state index in [4.69, 9.17) is 9.47 Å². The fourth-order valence-corrected chi connectivity index (χ4v) is 3.38. The van der Waals surface area contributed by atoms with Crippen LogP contribution in [0, 0.1) is 0 Å². The van der Waals surface area contributed by atoms with Crippen molar-refractivity contribution in [3.05, 3.63) is 46.4 Å². The van der Waals surface area contributed by atoms with Gasteiger partial charge >= 0.3 is 0 Å². The van der Waals surface area contributed by atoms with Crippen LogP contribution in [0.5, 0.6) is 17.2 Å².